The summed E-state index contributed by atoms with van der Waals surface area (Å²) in [5.41, 5.74) is 0.816. The van der Waals surface area contributed by atoms with Crippen LogP contribution in [0.15, 0.2) is 35.5 Å². The number of hydrogen-bond acceptors (Lipinski definition) is 5. The second-order valence-corrected chi connectivity index (χ2v) is 8.87. The zero-order valence-electron chi connectivity index (χ0n) is 15.6. The van der Waals surface area contributed by atoms with E-state index < -0.39 is 10.0 Å². The van der Waals surface area contributed by atoms with Crippen LogP contribution in [0, 0.1) is 6.92 Å². The average molecular weight is 378 g/mol. The van der Waals surface area contributed by atoms with E-state index in [2.05, 4.69) is 14.9 Å². The molecule has 2 heterocycles. The molecule has 7 nitrogen and oxygen atoms in total. The highest BCUT2D eigenvalue weighted by Gasteiger charge is 2.34. The van der Waals surface area contributed by atoms with Gasteiger partial charge in [0.15, 0.2) is 0 Å². The van der Waals surface area contributed by atoms with Crippen LogP contribution in [0.3, 0.4) is 0 Å². The first kappa shape index (κ1) is 18.9. The van der Waals surface area contributed by atoms with Gasteiger partial charge in [0.2, 0.25) is 10.0 Å². The Balaban J connectivity index is 1.84. The second-order valence-electron chi connectivity index (χ2n) is 6.93. The first-order valence-corrected chi connectivity index (χ1v) is 10.2. The number of aromatic amines is 1. The Labute approximate surface area is 155 Å². The lowest BCUT2D eigenvalue weighted by atomic mass is 10.2. The van der Waals surface area contributed by atoms with Gasteiger partial charge in [0.1, 0.15) is 11.6 Å². The number of sulfonamides is 1. The summed E-state index contributed by atoms with van der Waals surface area (Å²) in [4.78, 5) is 9.81. The average Bonchev–Trinajstić information content (AvgIpc) is 3.10. The van der Waals surface area contributed by atoms with Gasteiger partial charge in [-0.3, -0.25) is 4.90 Å². The minimum absolute atomic E-state index is 0.0443. The molecule has 2 aromatic rings. The number of H-pyrrole nitrogens is 1. The summed E-state index contributed by atoms with van der Waals surface area (Å²) in [5.74, 6) is 1.50. The van der Waals surface area contributed by atoms with Crippen LogP contribution in [0.1, 0.15) is 31.3 Å². The van der Waals surface area contributed by atoms with Gasteiger partial charge in [0.05, 0.1) is 17.0 Å². The molecule has 0 aliphatic carbocycles. The fourth-order valence-corrected chi connectivity index (χ4v) is 4.66. The number of rotatable bonds is 5. The molecule has 0 amide bonds. The van der Waals surface area contributed by atoms with Gasteiger partial charge in [-0.25, -0.2) is 13.4 Å². The number of likely N-dealkylation sites (N-methyl/N-ethyl adjacent to an activating group) is 1. The summed E-state index contributed by atoms with van der Waals surface area (Å²) in [6.07, 6.45) is 3.49. The molecule has 3 rings (SSSR count). The maximum atomic E-state index is 13.1. The fourth-order valence-electron chi connectivity index (χ4n) is 3.14. The van der Waals surface area contributed by atoms with Crippen molar-refractivity contribution in [2.75, 3.05) is 26.7 Å². The molecule has 0 spiro atoms. The summed E-state index contributed by atoms with van der Waals surface area (Å²) in [6.45, 7) is 7.24. The normalized spacial score (nSPS) is 19.8. The van der Waals surface area contributed by atoms with Crippen LogP contribution >= 0.6 is 0 Å². The third-order valence-corrected chi connectivity index (χ3v) is 6.45. The van der Waals surface area contributed by atoms with Gasteiger partial charge in [-0.2, -0.15) is 4.31 Å². The second kappa shape index (κ2) is 7.38. The van der Waals surface area contributed by atoms with Crippen molar-refractivity contribution in [3.63, 3.8) is 0 Å². The number of nitrogens with zero attached hydrogens (tertiary/aromatic N) is 3. The molecule has 1 fully saturated rings. The van der Waals surface area contributed by atoms with Crippen molar-refractivity contribution in [1.29, 1.82) is 0 Å². The van der Waals surface area contributed by atoms with Gasteiger partial charge in [-0.1, -0.05) is 0 Å². The summed E-state index contributed by atoms with van der Waals surface area (Å²) < 4.78 is 33.5. The van der Waals surface area contributed by atoms with Crippen LogP contribution in [0.25, 0.3) is 0 Å². The third kappa shape index (κ3) is 3.77. The summed E-state index contributed by atoms with van der Waals surface area (Å²) in [5, 5.41) is 0. The van der Waals surface area contributed by atoms with Crippen molar-refractivity contribution in [3.8, 4) is 5.75 Å². The van der Waals surface area contributed by atoms with E-state index in [4.69, 9.17) is 4.74 Å². The van der Waals surface area contributed by atoms with E-state index >= 15 is 0 Å². The van der Waals surface area contributed by atoms with Gasteiger partial charge in [-0.05, 0) is 51.6 Å². The number of aromatic nitrogens is 2. The summed E-state index contributed by atoms with van der Waals surface area (Å²) in [6, 6.07) is 4.97. The number of nitrogens with one attached hydrogen (secondary N) is 1. The van der Waals surface area contributed by atoms with Crippen molar-refractivity contribution in [2.24, 2.45) is 0 Å². The molecule has 1 saturated heterocycles. The monoisotopic (exact) mass is 378 g/mol. The minimum Gasteiger partial charge on any atom is -0.491 e. The van der Waals surface area contributed by atoms with Crippen LogP contribution in [0.4, 0.5) is 0 Å². The number of aryl methyl sites for hydroxylation is 1. The van der Waals surface area contributed by atoms with E-state index in [0.717, 1.165) is 11.4 Å². The Morgan fingerprint density at radius 3 is 2.69 bits per heavy atom. The lowest BCUT2D eigenvalue weighted by Crippen LogP contribution is -2.49. The molecule has 1 aromatic carbocycles. The molecule has 1 N–H and O–H groups in total. The van der Waals surface area contributed by atoms with E-state index in [0.29, 0.717) is 30.3 Å². The first-order valence-electron chi connectivity index (χ1n) is 8.76. The molecule has 1 aromatic heterocycles. The fraction of sp³-hybridized carbons (Fsp3) is 0.500. The van der Waals surface area contributed by atoms with E-state index in [9.17, 15) is 8.42 Å². The van der Waals surface area contributed by atoms with Gasteiger partial charge in [0, 0.05) is 32.0 Å². The van der Waals surface area contributed by atoms with E-state index in [1.54, 1.807) is 30.6 Å². The SMILES string of the molecule is Cc1cc(S(=O)(=O)N2CCN(C)[C@@H](c3ncc[nH]3)C2)ccc1OC(C)C. The molecule has 8 heteroatoms. The minimum atomic E-state index is -3.57. The molecule has 0 bridgehead atoms. The van der Waals surface area contributed by atoms with E-state index in [-0.39, 0.29) is 12.1 Å². The topological polar surface area (TPSA) is 78.5 Å². The quantitative estimate of drug-likeness (QED) is 0.863. The smallest absolute Gasteiger partial charge is 0.243 e. The maximum absolute atomic E-state index is 13.1. The van der Waals surface area contributed by atoms with Crippen LogP contribution in [-0.2, 0) is 10.0 Å². The molecule has 1 aliphatic rings. The third-order valence-electron chi connectivity index (χ3n) is 4.59. The zero-order valence-corrected chi connectivity index (χ0v) is 16.5. The number of benzene rings is 1. The van der Waals surface area contributed by atoms with Crippen LogP contribution < -0.4 is 4.74 Å². The molecule has 26 heavy (non-hydrogen) atoms. The van der Waals surface area contributed by atoms with E-state index in [1.807, 2.05) is 27.8 Å². The summed E-state index contributed by atoms with van der Waals surface area (Å²) >= 11 is 0. The highest BCUT2D eigenvalue weighted by Crippen LogP contribution is 2.28. The van der Waals surface area contributed by atoms with Crippen molar-refractivity contribution in [1.82, 2.24) is 19.2 Å². The molecule has 0 radical (unpaired) electrons. The highest BCUT2D eigenvalue weighted by molar-refractivity contribution is 7.89. The summed E-state index contributed by atoms with van der Waals surface area (Å²) in [7, 11) is -1.58. The lowest BCUT2D eigenvalue weighted by molar-refractivity contribution is 0.142. The molecule has 0 unspecified atom stereocenters. The van der Waals surface area contributed by atoms with Gasteiger partial charge >= 0.3 is 0 Å². The van der Waals surface area contributed by atoms with Gasteiger partial charge < -0.3 is 9.72 Å². The van der Waals surface area contributed by atoms with E-state index in [1.165, 1.54) is 4.31 Å². The Bertz CT molecular complexity index is 849. The molecule has 142 valence electrons. The Morgan fingerprint density at radius 2 is 2.08 bits per heavy atom. The van der Waals surface area contributed by atoms with Crippen LogP contribution in [-0.4, -0.2) is 60.4 Å². The number of imidazole rings is 1. The molecule has 0 saturated carbocycles. The van der Waals surface area contributed by atoms with Gasteiger partial charge in [-0.15, -0.1) is 0 Å². The maximum Gasteiger partial charge on any atom is 0.243 e. The Kier molecular flexibility index (Phi) is 5.36. The molecular formula is C18H26N4O3S. The molecule has 1 aliphatic heterocycles. The largest absolute Gasteiger partial charge is 0.491 e. The number of hydrogen-bond donors (Lipinski definition) is 1. The molecular weight excluding hydrogens is 352 g/mol. The van der Waals surface area contributed by atoms with Crippen LogP contribution in [0.2, 0.25) is 0 Å². The highest BCUT2D eigenvalue weighted by atomic mass is 32.2. The predicted octanol–water partition coefficient (Wildman–Crippen LogP) is 2.18. The van der Waals surface area contributed by atoms with Crippen molar-refractivity contribution in [2.45, 2.75) is 37.8 Å². The first-order chi connectivity index (χ1) is 12.3. The molecule has 1 atom stereocenters. The zero-order chi connectivity index (χ0) is 18.9. The van der Waals surface area contributed by atoms with Crippen molar-refractivity contribution >= 4 is 10.0 Å². The Morgan fingerprint density at radius 1 is 1.31 bits per heavy atom. The predicted molar refractivity (Wildman–Crippen MR) is 99.7 cm³/mol. The standard InChI is InChI=1S/C18H26N4O3S/c1-13(2)25-17-6-5-15(11-14(17)3)26(23,24)22-10-9-21(4)16(12-22)18-19-7-8-20-18/h5-8,11,13,16H,9-10,12H2,1-4H3,(H,19,20)/t16-/m1/s1. The number of piperazine rings is 1. The number of ether oxygens (including phenoxy) is 1. The van der Waals surface area contributed by atoms with Crippen molar-refractivity contribution < 1.29 is 13.2 Å². The Hall–Kier alpha value is -1.90. The van der Waals surface area contributed by atoms with Crippen LogP contribution in [0.5, 0.6) is 5.75 Å². The van der Waals surface area contributed by atoms with Crippen molar-refractivity contribution in [3.05, 3.63) is 42.0 Å². The van der Waals surface area contributed by atoms with Gasteiger partial charge in [0.25, 0.3) is 0 Å². The lowest BCUT2D eigenvalue weighted by Gasteiger charge is -2.37.